The Balaban J connectivity index is 5.33. The lowest BCUT2D eigenvalue weighted by Crippen LogP contribution is -2.51. The lowest BCUT2D eigenvalue weighted by atomic mass is 10.3. The Morgan fingerprint density at radius 2 is 1.40 bits per heavy atom. The maximum Gasteiger partial charge on any atom is 0.292 e. The van der Waals surface area contributed by atoms with Crippen LogP contribution < -0.4 is 0 Å². The van der Waals surface area contributed by atoms with Gasteiger partial charge in [-0.2, -0.15) is 0 Å². The van der Waals surface area contributed by atoms with E-state index in [2.05, 4.69) is 48.5 Å². The van der Waals surface area contributed by atoms with Crippen molar-refractivity contribution in [1.29, 1.82) is 0 Å². The molecule has 0 aromatic rings. The van der Waals surface area contributed by atoms with E-state index in [1.165, 1.54) is 0 Å². The molecular formula is C17H35O2Si. The summed E-state index contributed by atoms with van der Waals surface area (Å²) in [4.78, 5) is 12.3. The molecule has 119 valence electrons. The van der Waals surface area contributed by atoms with Gasteiger partial charge in [-0.15, -0.1) is 0 Å². The van der Waals surface area contributed by atoms with Crippen molar-refractivity contribution in [2.24, 2.45) is 0 Å². The molecule has 0 aromatic heterocycles. The lowest BCUT2D eigenvalue weighted by Gasteiger charge is -2.44. The summed E-state index contributed by atoms with van der Waals surface area (Å²) in [5, 5.41) is 0. The van der Waals surface area contributed by atoms with Crippen LogP contribution in [0.3, 0.4) is 0 Å². The van der Waals surface area contributed by atoms with Crippen LogP contribution in [0.15, 0.2) is 0 Å². The molecule has 3 heteroatoms. The van der Waals surface area contributed by atoms with E-state index in [-0.39, 0.29) is 5.97 Å². The first kappa shape index (κ1) is 19.7. The quantitative estimate of drug-likeness (QED) is 0.471. The molecule has 0 amide bonds. The molecule has 0 heterocycles. The molecule has 0 saturated carbocycles. The Morgan fingerprint density at radius 3 is 1.70 bits per heavy atom. The fraction of sp³-hybridized carbons (Fsp3) is 0.882. The van der Waals surface area contributed by atoms with Crippen LogP contribution in [0.1, 0.15) is 80.1 Å². The van der Waals surface area contributed by atoms with Crippen molar-refractivity contribution >= 4 is 14.3 Å². The second-order valence-electron chi connectivity index (χ2n) is 6.21. The predicted octanol–water partition coefficient (Wildman–Crippen LogP) is 5.88. The van der Waals surface area contributed by atoms with Gasteiger partial charge in [0.2, 0.25) is 0 Å². The highest BCUT2D eigenvalue weighted by atomic mass is 28.4. The minimum atomic E-state index is -2.09. The predicted molar refractivity (Wildman–Crippen MR) is 90.2 cm³/mol. The summed E-state index contributed by atoms with van der Waals surface area (Å²) in [6.45, 7) is 17.4. The third kappa shape index (κ3) is 4.61. The number of hydrogen-bond acceptors (Lipinski definition) is 2. The molecule has 0 rings (SSSR count). The fourth-order valence-electron chi connectivity index (χ4n) is 3.23. The molecule has 0 fully saturated rings. The normalized spacial score (nSPS) is 18.9. The van der Waals surface area contributed by atoms with Gasteiger partial charge in [-0.05, 0) is 23.0 Å². The van der Waals surface area contributed by atoms with Crippen LogP contribution in [0, 0.1) is 6.92 Å². The summed E-state index contributed by atoms with van der Waals surface area (Å²) in [5.74, 6) is 0.0150. The fourth-order valence-corrected chi connectivity index (χ4v) is 9.16. The summed E-state index contributed by atoms with van der Waals surface area (Å²) in [6, 6.07) is 0. The van der Waals surface area contributed by atoms with Gasteiger partial charge in [-0.25, -0.2) is 0 Å². The van der Waals surface area contributed by atoms with Crippen LogP contribution in [0.4, 0.5) is 0 Å². The number of carbonyl (C=O) groups excluding carboxylic acids is 1. The van der Waals surface area contributed by atoms with E-state index in [0.717, 1.165) is 32.1 Å². The van der Waals surface area contributed by atoms with E-state index in [1.807, 2.05) is 0 Å². The standard InChI is InChI=1S/C17H35O2Si/c1-8-12-13-17(18)19-20(14(5)9-2,15(6)10-3)16(7)11-4/h14-16H,1,8-13H2,2-7H3. The molecule has 0 saturated heterocycles. The van der Waals surface area contributed by atoms with Gasteiger partial charge in [0.1, 0.15) is 0 Å². The second-order valence-corrected chi connectivity index (χ2v) is 11.1. The van der Waals surface area contributed by atoms with Crippen LogP contribution in [0.2, 0.25) is 16.6 Å². The Labute approximate surface area is 127 Å². The zero-order valence-electron chi connectivity index (χ0n) is 14.5. The molecule has 0 aliphatic rings. The maximum atomic E-state index is 12.3. The second kappa shape index (κ2) is 9.59. The molecule has 20 heavy (non-hydrogen) atoms. The lowest BCUT2D eigenvalue weighted by molar-refractivity contribution is -0.135. The van der Waals surface area contributed by atoms with Crippen molar-refractivity contribution in [3.05, 3.63) is 6.92 Å². The molecule has 1 radical (unpaired) electrons. The molecule has 0 aliphatic carbocycles. The van der Waals surface area contributed by atoms with Crippen molar-refractivity contribution in [2.45, 2.75) is 96.7 Å². The maximum absolute atomic E-state index is 12.3. The summed E-state index contributed by atoms with van der Waals surface area (Å²) >= 11 is 0. The first-order valence-electron chi connectivity index (χ1n) is 8.41. The average Bonchev–Trinajstić information content (AvgIpc) is 2.47. The monoisotopic (exact) mass is 299 g/mol. The molecule has 2 nitrogen and oxygen atoms in total. The van der Waals surface area contributed by atoms with Gasteiger partial charge < -0.3 is 4.43 Å². The third-order valence-corrected chi connectivity index (χ3v) is 11.5. The van der Waals surface area contributed by atoms with Crippen LogP contribution in [-0.2, 0) is 9.22 Å². The minimum Gasteiger partial charge on any atom is -0.518 e. The van der Waals surface area contributed by atoms with Crippen LogP contribution >= 0.6 is 0 Å². The van der Waals surface area contributed by atoms with Crippen molar-refractivity contribution in [2.75, 3.05) is 0 Å². The topological polar surface area (TPSA) is 26.3 Å². The van der Waals surface area contributed by atoms with E-state index < -0.39 is 8.32 Å². The van der Waals surface area contributed by atoms with E-state index in [4.69, 9.17) is 4.43 Å². The molecule has 3 atom stereocenters. The number of rotatable bonds is 10. The molecule has 3 unspecified atom stereocenters. The number of carbonyl (C=O) groups is 1. The van der Waals surface area contributed by atoms with Gasteiger partial charge in [-0.1, -0.05) is 74.1 Å². The van der Waals surface area contributed by atoms with Crippen molar-refractivity contribution < 1.29 is 9.22 Å². The zero-order chi connectivity index (χ0) is 15.8. The van der Waals surface area contributed by atoms with Crippen LogP contribution in [-0.4, -0.2) is 14.3 Å². The van der Waals surface area contributed by atoms with E-state index in [1.54, 1.807) is 0 Å². The van der Waals surface area contributed by atoms with E-state index in [0.29, 0.717) is 23.0 Å². The van der Waals surface area contributed by atoms with Gasteiger partial charge in [-0.3, -0.25) is 4.79 Å². The summed E-state index contributed by atoms with van der Waals surface area (Å²) in [5.41, 5.74) is 1.57. The zero-order valence-corrected chi connectivity index (χ0v) is 15.5. The number of hydrogen-bond donors (Lipinski definition) is 0. The molecular weight excluding hydrogens is 264 g/mol. The summed E-state index contributed by atoms with van der Waals surface area (Å²) < 4.78 is 6.27. The first-order valence-corrected chi connectivity index (χ1v) is 10.6. The molecule has 0 N–H and O–H groups in total. The summed E-state index contributed by atoms with van der Waals surface area (Å²) in [7, 11) is -2.09. The van der Waals surface area contributed by atoms with Crippen molar-refractivity contribution in [1.82, 2.24) is 0 Å². The number of unbranched alkanes of at least 4 members (excludes halogenated alkanes) is 1. The Hall–Kier alpha value is -0.313. The van der Waals surface area contributed by atoms with Crippen molar-refractivity contribution in [3.63, 3.8) is 0 Å². The highest BCUT2D eigenvalue weighted by molar-refractivity contribution is 6.79. The van der Waals surface area contributed by atoms with Gasteiger partial charge in [0.15, 0.2) is 0 Å². The third-order valence-electron chi connectivity index (χ3n) is 5.07. The van der Waals surface area contributed by atoms with E-state index >= 15 is 0 Å². The molecule has 0 aliphatic heterocycles. The van der Waals surface area contributed by atoms with E-state index in [9.17, 15) is 4.79 Å². The molecule has 0 spiro atoms. The van der Waals surface area contributed by atoms with Gasteiger partial charge in [0, 0.05) is 6.42 Å². The Morgan fingerprint density at radius 1 is 1.00 bits per heavy atom. The summed E-state index contributed by atoms with van der Waals surface area (Å²) in [6.07, 6.45) is 5.47. The minimum absolute atomic E-state index is 0.0150. The smallest absolute Gasteiger partial charge is 0.292 e. The Kier molecular flexibility index (Phi) is 9.44. The van der Waals surface area contributed by atoms with Crippen LogP contribution in [0.25, 0.3) is 0 Å². The highest BCUT2D eigenvalue weighted by Gasteiger charge is 2.51. The van der Waals surface area contributed by atoms with Crippen LogP contribution in [0.5, 0.6) is 0 Å². The van der Waals surface area contributed by atoms with Gasteiger partial charge in [0.05, 0.1) is 0 Å². The SMILES string of the molecule is [CH2]CCCC(=O)O[Si](C(C)CC)(C(C)CC)C(C)CC. The van der Waals surface area contributed by atoms with Gasteiger partial charge >= 0.3 is 0 Å². The van der Waals surface area contributed by atoms with Crippen molar-refractivity contribution in [3.8, 4) is 0 Å². The first-order chi connectivity index (χ1) is 9.40. The largest absolute Gasteiger partial charge is 0.518 e. The molecule has 0 aromatic carbocycles. The average molecular weight is 300 g/mol. The Bertz CT molecular complexity index is 252. The van der Waals surface area contributed by atoms with Gasteiger partial charge in [0.25, 0.3) is 14.3 Å². The molecule has 0 bridgehead atoms. The highest BCUT2D eigenvalue weighted by Crippen LogP contribution is 2.47.